The standard InChI is InChI=1S/C16H22N4O/c1-5-17-14-10-16(19-15(18-14)11-21-4)20(3)13-8-6-7-12(2)9-13/h6-10H,5,11H2,1-4H3,(H,17,18,19). The second kappa shape index (κ2) is 7.04. The summed E-state index contributed by atoms with van der Waals surface area (Å²) >= 11 is 0. The van der Waals surface area contributed by atoms with Gasteiger partial charge in [-0.15, -0.1) is 0 Å². The predicted octanol–water partition coefficient (Wildman–Crippen LogP) is 3.13. The minimum Gasteiger partial charge on any atom is -0.377 e. The first kappa shape index (κ1) is 15.3. The van der Waals surface area contributed by atoms with Crippen molar-refractivity contribution in [2.45, 2.75) is 20.5 Å². The van der Waals surface area contributed by atoms with E-state index in [2.05, 4.69) is 45.3 Å². The molecule has 0 saturated heterocycles. The van der Waals surface area contributed by atoms with Crippen molar-refractivity contribution in [2.24, 2.45) is 0 Å². The van der Waals surface area contributed by atoms with Crippen LogP contribution in [0.25, 0.3) is 0 Å². The number of nitrogens with one attached hydrogen (secondary N) is 1. The number of anilines is 3. The van der Waals surface area contributed by atoms with Crippen LogP contribution in [-0.4, -0.2) is 30.7 Å². The Morgan fingerprint density at radius 1 is 1.24 bits per heavy atom. The van der Waals surface area contributed by atoms with Gasteiger partial charge in [0.1, 0.15) is 18.2 Å². The van der Waals surface area contributed by atoms with Crippen molar-refractivity contribution in [1.82, 2.24) is 9.97 Å². The summed E-state index contributed by atoms with van der Waals surface area (Å²) in [5.74, 6) is 2.33. The number of methoxy groups -OCH3 is 1. The van der Waals surface area contributed by atoms with Crippen molar-refractivity contribution in [3.63, 3.8) is 0 Å². The third-order valence-corrected chi connectivity index (χ3v) is 3.12. The summed E-state index contributed by atoms with van der Waals surface area (Å²) in [6.45, 7) is 5.34. The molecule has 0 saturated carbocycles. The number of rotatable bonds is 6. The van der Waals surface area contributed by atoms with Crippen LogP contribution in [0.1, 0.15) is 18.3 Å². The fourth-order valence-corrected chi connectivity index (χ4v) is 2.09. The monoisotopic (exact) mass is 286 g/mol. The van der Waals surface area contributed by atoms with Crippen molar-refractivity contribution < 1.29 is 4.74 Å². The third kappa shape index (κ3) is 3.92. The highest BCUT2D eigenvalue weighted by atomic mass is 16.5. The zero-order valence-electron chi connectivity index (χ0n) is 13.1. The predicted molar refractivity (Wildman–Crippen MR) is 86.2 cm³/mol. The number of benzene rings is 1. The molecule has 2 rings (SSSR count). The molecule has 0 radical (unpaired) electrons. The number of aromatic nitrogens is 2. The van der Waals surface area contributed by atoms with E-state index in [9.17, 15) is 0 Å². The van der Waals surface area contributed by atoms with Gasteiger partial charge in [-0.25, -0.2) is 9.97 Å². The first-order chi connectivity index (χ1) is 10.1. The van der Waals surface area contributed by atoms with E-state index in [-0.39, 0.29) is 0 Å². The Balaban J connectivity index is 2.36. The van der Waals surface area contributed by atoms with Gasteiger partial charge in [-0.3, -0.25) is 0 Å². The Kier molecular flexibility index (Phi) is 5.11. The molecule has 0 atom stereocenters. The molecule has 1 aromatic heterocycles. The van der Waals surface area contributed by atoms with E-state index in [0.29, 0.717) is 12.4 Å². The van der Waals surface area contributed by atoms with Crippen LogP contribution < -0.4 is 10.2 Å². The van der Waals surface area contributed by atoms with E-state index < -0.39 is 0 Å². The summed E-state index contributed by atoms with van der Waals surface area (Å²) < 4.78 is 5.15. The summed E-state index contributed by atoms with van der Waals surface area (Å²) in [4.78, 5) is 11.0. The normalized spacial score (nSPS) is 10.5. The molecule has 1 heterocycles. The zero-order valence-corrected chi connectivity index (χ0v) is 13.1. The quantitative estimate of drug-likeness (QED) is 0.884. The minimum atomic E-state index is 0.397. The van der Waals surface area contributed by atoms with Gasteiger partial charge >= 0.3 is 0 Å². The lowest BCUT2D eigenvalue weighted by atomic mass is 10.2. The zero-order chi connectivity index (χ0) is 15.2. The van der Waals surface area contributed by atoms with Crippen LogP contribution in [0.3, 0.4) is 0 Å². The smallest absolute Gasteiger partial charge is 0.158 e. The molecule has 5 nitrogen and oxygen atoms in total. The lowest BCUT2D eigenvalue weighted by molar-refractivity contribution is 0.178. The van der Waals surface area contributed by atoms with Crippen molar-refractivity contribution >= 4 is 17.3 Å². The molecule has 0 aliphatic rings. The second-order valence-corrected chi connectivity index (χ2v) is 4.89. The largest absolute Gasteiger partial charge is 0.377 e. The molecule has 1 N–H and O–H groups in total. The topological polar surface area (TPSA) is 50.3 Å². The van der Waals surface area contributed by atoms with Crippen molar-refractivity contribution in [3.05, 3.63) is 41.7 Å². The maximum absolute atomic E-state index is 5.15. The molecular formula is C16H22N4O. The molecule has 0 bridgehead atoms. The van der Waals surface area contributed by atoms with Crippen molar-refractivity contribution in [2.75, 3.05) is 30.9 Å². The SMILES string of the molecule is CCNc1cc(N(C)c2cccc(C)c2)nc(COC)n1. The summed E-state index contributed by atoms with van der Waals surface area (Å²) in [7, 11) is 3.65. The average molecular weight is 286 g/mol. The first-order valence-corrected chi connectivity index (χ1v) is 7.05. The van der Waals surface area contributed by atoms with Gasteiger partial charge in [0, 0.05) is 32.5 Å². The molecule has 0 amide bonds. The molecule has 21 heavy (non-hydrogen) atoms. The van der Waals surface area contributed by atoms with Crippen LogP contribution in [0, 0.1) is 6.92 Å². The number of nitrogens with zero attached hydrogens (tertiary/aromatic N) is 3. The lowest BCUT2D eigenvalue weighted by Gasteiger charge is -2.20. The van der Waals surface area contributed by atoms with Gasteiger partial charge in [0.2, 0.25) is 0 Å². The summed E-state index contributed by atoms with van der Waals surface area (Å²) in [6.07, 6.45) is 0. The van der Waals surface area contributed by atoms with Gasteiger partial charge in [0.15, 0.2) is 5.82 Å². The van der Waals surface area contributed by atoms with Gasteiger partial charge in [-0.05, 0) is 31.5 Å². The number of ether oxygens (including phenoxy) is 1. The Morgan fingerprint density at radius 2 is 2.05 bits per heavy atom. The Hall–Kier alpha value is -2.14. The number of hydrogen-bond donors (Lipinski definition) is 1. The maximum atomic E-state index is 5.15. The van der Waals surface area contributed by atoms with E-state index in [0.717, 1.165) is 23.9 Å². The Labute approximate surface area is 126 Å². The summed E-state index contributed by atoms with van der Waals surface area (Å²) in [5, 5.41) is 3.23. The molecule has 0 fully saturated rings. The molecule has 112 valence electrons. The molecule has 0 aliphatic carbocycles. The second-order valence-electron chi connectivity index (χ2n) is 4.89. The van der Waals surface area contributed by atoms with E-state index in [1.165, 1.54) is 5.56 Å². The molecule has 0 spiro atoms. The Morgan fingerprint density at radius 3 is 2.71 bits per heavy atom. The van der Waals surface area contributed by atoms with E-state index >= 15 is 0 Å². The van der Waals surface area contributed by atoms with Gasteiger partial charge in [-0.1, -0.05) is 12.1 Å². The molecule has 0 aliphatic heterocycles. The van der Waals surface area contributed by atoms with E-state index in [4.69, 9.17) is 4.74 Å². The maximum Gasteiger partial charge on any atom is 0.158 e. The highest BCUT2D eigenvalue weighted by molar-refractivity contribution is 5.62. The summed E-state index contributed by atoms with van der Waals surface area (Å²) in [6, 6.07) is 10.3. The lowest BCUT2D eigenvalue weighted by Crippen LogP contribution is -2.14. The first-order valence-electron chi connectivity index (χ1n) is 7.05. The molecule has 0 unspecified atom stereocenters. The van der Waals surface area contributed by atoms with Gasteiger partial charge in [0.05, 0.1) is 0 Å². The van der Waals surface area contributed by atoms with Crippen LogP contribution in [0.5, 0.6) is 0 Å². The summed E-state index contributed by atoms with van der Waals surface area (Å²) in [5.41, 5.74) is 2.32. The van der Waals surface area contributed by atoms with Crippen molar-refractivity contribution in [1.29, 1.82) is 0 Å². The fourth-order valence-electron chi connectivity index (χ4n) is 2.09. The molecular weight excluding hydrogens is 264 g/mol. The van der Waals surface area contributed by atoms with Crippen LogP contribution >= 0.6 is 0 Å². The third-order valence-electron chi connectivity index (χ3n) is 3.12. The van der Waals surface area contributed by atoms with Crippen molar-refractivity contribution in [3.8, 4) is 0 Å². The van der Waals surface area contributed by atoms with Gasteiger partial charge < -0.3 is 15.0 Å². The Bertz CT molecular complexity index is 576. The average Bonchev–Trinajstić information content (AvgIpc) is 2.47. The minimum absolute atomic E-state index is 0.397. The highest BCUT2D eigenvalue weighted by Gasteiger charge is 2.10. The van der Waals surface area contributed by atoms with Crippen LogP contribution in [0.15, 0.2) is 30.3 Å². The van der Waals surface area contributed by atoms with E-state index in [1.54, 1.807) is 7.11 Å². The van der Waals surface area contributed by atoms with Crippen LogP contribution in [-0.2, 0) is 11.3 Å². The number of aryl methyl sites for hydroxylation is 1. The molecule has 2 aromatic rings. The highest BCUT2D eigenvalue weighted by Crippen LogP contribution is 2.24. The van der Waals surface area contributed by atoms with Crippen LogP contribution in [0.2, 0.25) is 0 Å². The number of hydrogen-bond acceptors (Lipinski definition) is 5. The van der Waals surface area contributed by atoms with Crippen LogP contribution in [0.4, 0.5) is 17.3 Å². The molecule has 1 aromatic carbocycles. The van der Waals surface area contributed by atoms with Gasteiger partial charge in [-0.2, -0.15) is 0 Å². The molecule has 5 heteroatoms. The van der Waals surface area contributed by atoms with E-state index in [1.807, 2.05) is 26.1 Å². The van der Waals surface area contributed by atoms with Gasteiger partial charge in [0.25, 0.3) is 0 Å². The fraction of sp³-hybridized carbons (Fsp3) is 0.375.